The van der Waals surface area contributed by atoms with Crippen LogP contribution in [0.25, 0.3) is 5.57 Å². The first-order valence-corrected chi connectivity index (χ1v) is 8.88. The topological polar surface area (TPSA) is 58.6 Å². The van der Waals surface area contributed by atoms with E-state index in [0.29, 0.717) is 13.1 Å². The summed E-state index contributed by atoms with van der Waals surface area (Å²) >= 11 is 0. The molecule has 0 saturated heterocycles. The molecule has 146 valence electrons. The number of nitrogens with one attached hydrogen (secondary N) is 1. The van der Waals surface area contributed by atoms with Gasteiger partial charge in [-0.15, -0.1) is 0 Å². The van der Waals surface area contributed by atoms with Gasteiger partial charge in [0.1, 0.15) is 5.75 Å². The summed E-state index contributed by atoms with van der Waals surface area (Å²) in [5, 5.41) is 2.56. The van der Waals surface area contributed by atoms with E-state index >= 15 is 0 Å². The molecule has 1 heterocycles. The van der Waals surface area contributed by atoms with Crippen LogP contribution in [0.4, 0.5) is 8.78 Å². The van der Waals surface area contributed by atoms with Crippen molar-refractivity contribution in [3.8, 4) is 5.75 Å². The fourth-order valence-electron chi connectivity index (χ4n) is 2.97. The molecule has 2 aromatic carbocycles. The number of amides is 2. The fourth-order valence-corrected chi connectivity index (χ4v) is 2.97. The van der Waals surface area contributed by atoms with E-state index in [2.05, 4.69) is 10.1 Å². The third-order valence-corrected chi connectivity index (χ3v) is 4.45. The Morgan fingerprint density at radius 1 is 1.07 bits per heavy atom. The number of benzene rings is 2. The quantitative estimate of drug-likeness (QED) is 0.829. The van der Waals surface area contributed by atoms with Crippen molar-refractivity contribution in [3.05, 3.63) is 71.8 Å². The third-order valence-electron chi connectivity index (χ3n) is 4.45. The van der Waals surface area contributed by atoms with Gasteiger partial charge in [0.05, 0.1) is 6.54 Å². The molecule has 1 aliphatic rings. The van der Waals surface area contributed by atoms with E-state index in [1.807, 2.05) is 36.4 Å². The number of halogens is 2. The number of alkyl halides is 2. The highest BCUT2D eigenvalue weighted by atomic mass is 19.3. The Labute approximate surface area is 161 Å². The van der Waals surface area contributed by atoms with Gasteiger partial charge in [-0.1, -0.05) is 36.4 Å². The van der Waals surface area contributed by atoms with Crippen LogP contribution in [-0.4, -0.2) is 43.0 Å². The first-order valence-electron chi connectivity index (χ1n) is 8.88. The highest BCUT2D eigenvalue weighted by Gasteiger charge is 2.18. The van der Waals surface area contributed by atoms with Crippen LogP contribution in [0.2, 0.25) is 0 Å². The number of hydrogen-bond donors (Lipinski definition) is 1. The monoisotopic (exact) mass is 386 g/mol. The van der Waals surface area contributed by atoms with Gasteiger partial charge in [-0.2, -0.15) is 8.78 Å². The van der Waals surface area contributed by atoms with Crippen molar-refractivity contribution in [2.45, 2.75) is 13.0 Å². The van der Waals surface area contributed by atoms with Gasteiger partial charge >= 0.3 is 6.61 Å². The summed E-state index contributed by atoms with van der Waals surface area (Å²) in [6, 6.07) is 15.3. The van der Waals surface area contributed by atoms with E-state index in [-0.39, 0.29) is 23.8 Å². The number of carbonyl (C=O) groups is 2. The minimum absolute atomic E-state index is 0.0306. The van der Waals surface area contributed by atoms with Gasteiger partial charge in [-0.25, -0.2) is 0 Å². The molecule has 2 aromatic rings. The van der Waals surface area contributed by atoms with Crippen LogP contribution in [0, 0.1) is 0 Å². The molecule has 0 aliphatic carbocycles. The molecule has 0 aromatic heterocycles. The Morgan fingerprint density at radius 3 is 2.39 bits per heavy atom. The van der Waals surface area contributed by atoms with Gasteiger partial charge in [0.15, 0.2) is 0 Å². The lowest BCUT2D eigenvalue weighted by atomic mass is 9.99. The van der Waals surface area contributed by atoms with Crippen LogP contribution < -0.4 is 10.1 Å². The van der Waals surface area contributed by atoms with Crippen molar-refractivity contribution < 1.29 is 23.1 Å². The molecule has 1 aliphatic heterocycles. The number of carbonyl (C=O) groups excluding carboxylic acids is 2. The summed E-state index contributed by atoms with van der Waals surface area (Å²) in [4.78, 5) is 26.1. The molecule has 0 unspecified atom stereocenters. The van der Waals surface area contributed by atoms with Crippen molar-refractivity contribution in [2.75, 3.05) is 19.6 Å². The molecule has 0 bridgehead atoms. The van der Waals surface area contributed by atoms with Crippen LogP contribution in [0.15, 0.2) is 60.7 Å². The standard InChI is InChI=1S/C21H20F2N2O3/c22-21(23)28-18-8-6-17(7-9-18)20(27)24-14-19(26)25-12-10-16(11-13-25)15-4-2-1-3-5-15/h1-10,21H,11-14H2,(H,24,27). The van der Waals surface area contributed by atoms with Gasteiger partial charge in [0, 0.05) is 18.7 Å². The zero-order chi connectivity index (χ0) is 19.9. The van der Waals surface area contributed by atoms with E-state index in [0.717, 1.165) is 12.0 Å². The summed E-state index contributed by atoms with van der Waals surface area (Å²) in [7, 11) is 0. The fraction of sp³-hybridized carbons (Fsp3) is 0.238. The lowest BCUT2D eigenvalue weighted by molar-refractivity contribution is -0.129. The van der Waals surface area contributed by atoms with Gasteiger partial charge in [0.2, 0.25) is 5.91 Å². The SMILES string of the molecule is O=C(NCC(=O)N1CC=C(c2ccccc2)CC1)c1ccc(OC(F)F)cc1. The lowest BCUT2D eigenvalue weighted by Gasteiger charge is -2.26. The molecule has 1 N–H and O–H groups in total. The molecular weight excluding hydrogens is 366 g/mol. The maximum atomic E-state index is 12.3. The van der Waals surface area contributed by atoms with E-state index in [4.69, 9.17) is 0 Å². The van der Waals surface area contributed by atoms with Gasteiger partial charge in [-0.3, -0.25) is 9.59 Å². The first kappa shape index (κ1) is 19.5. The molecule has 3 rings (SSSR count). The second-order valence-electron chi connectivity index (χ2n) is 6.27. The van der Waals surface area contributed by atoms with Crippen LogP contribution in [0.5, 0.6) is 5.75 Å². The predicted molar refractivity (Wildman–Crippen MR) is 101 cm³/mol. The molecule has 0 saturated carbocycles. The van der Waals surface area contributed by atoms with E-state index in [1.165, 1.54) is 29.8 Å². The summed E-state index contributed by atoms with van der Waals surface area (Å²) < 4.78 is 28.5. The average Bonchev–Trinajstić information content (AvgIpc) is 2.72. The van der Waals surface area contributed by atoms with Gasteiger partial charge < -0.3 is 15.0 Å². The lowest BCUT2D eigenvalue weighted by Crippen LogP contribution is -2.42. The maximum absolute atomic E-state index is 12.3. The number of hydrogen-bond acceptors (Lipinski definition) is 3. The van der Waals surface area contributed by atoms with Crippen LogP contribution in [0.3, 0.4) is 0 Å². The summed E-state index contributed by atoms with van der Waals surface area (Å²) in [6.07, 6.45) is 2.79. The number of ether oxygens (including phenoxy) is 1. The van der Waals surface area contributed by atoms with E-state index < -0.39 is 12.5 Å². The van der Waals surface area contributed by atoms with Gasteiger partial charge in [-0.05, 0) is 41.8 Å². The van der Waals surface area contributed by atoms with Crippen molar-refractivity contribution in [1.82, 2.24) is 10.2 Å². The molecule has 28 heavy (non-hydrogen) atoms. The van der Waals surface area contributed by atoms with Crippen molar-refractivity contribution >= 4 is 17.4 Å². The highest BCUT2D eigenvalue weighted by molar-refractivity contribution is 5.96. The minimum atomic E-state index is -2.92. The molecule has 0 spiro atoms. The Morgan fingerprint density at radius 2 is 1.79 bits per heavy atom. The smallest absolute Gasteiger partial charge is 0.387 e. The summed E-state index contributed by atoms with van der Waals surface area (Å²) in [5.41, 5.74) is 2.63. The zero-order valence-electron chi connectivity index (χ0n) is 15.1. The molecule has 5 nitrogen and oxygen atoms in total. The second-order valence-corrected chi connectivity index (χ2v) is 6.27. The Hall–Kier alpha value is -3.22. The number of rotatable bonds is 6. The van der Waals surface area contributed by atoms with Crippen molar-refractivity contribution in [1.29, 1.82) is 0 Å². The van der Waals surface area contributed by atoms with Crippen LogP contribution in [-0.2, 0) is 4.79 Å². The minimum Gasteiger partial charge on any atom is -0.435 e. The molecule has 2 amide bonds. The molecule has 0 fully saturated rings. The molecule has 7 heteroatoms. The average molecular weight is 386 g/mol. The van der Waals surface area contributed by atoms with Crippen molar-refractivity contribution in [3.63, 3.8) is 0 Å². The highest BCUT2D eigenvalue weighted by Crippen LogP contribution is 2.22. The van der Waals surface area contributed by atoms with E-state index in [9.17, 15) is 18.4 Å². The Kier molecular flexibility index (Phi) is 6.37. The maximum Gasteiger partial charge on any atom is 0.387 e. The third kappa shape index (κ3) is 5.16. The Balaban J connectivity index is 1.49. The first-order chi connectivity index (χ1) is 13.5. The second kappa shape index (κ2) is 9.12. The largest absolute Gasteiger partial charge is 0.435 e. The Bertz CT molecular complexity index is 852. The summed E-state index contributed by atoms with van der Waals surface area (Å²) in [5.74, 6) is -0.652. The molecule has 0 radical (unpaired) electrons. The van der Waals surface area contributed by atoms with Gasteiger partial charge in [0.25, 0.3) is 5.91 Å². The summed E-state index contributed by atoms with van der Waals surface area (Å²) in [6.45, 7) is -1.95. The number of nitrogens with zero attached hydrogens (tertiary/aromatic N) is 1. The normalized spacial score (nSPS) is 13.8. The van der Waals surface area contributed by atoms with Crippen LogP contribution in [0.1, 0.15) is 22.3 Å². The van der Waals surface area contributed by atoms with Crippen LogP contribution >= 0.6 is 0 Å². The van der Waals surface area contributed by atoms with Crippen molar-refractivity contribution in [2.24, 2.45) is 0 Å². The predicted octanol–water partition coefficient (Wildman–Crippen LogP) is 3.33. The zero-order valence-corrected chi connectivity index (χ0v) is 15.1. The molecular formula is C21H20F2N2O3. The van der Waals surface area contributed by atoms with E-state index in [1.54, 1.807) is 4.90 Å². The molecule has 0 atom stereocenters.